The fourth-order valence-corrected chi connectivity index (χ4v) is 2.59. The molecule has 0 fully saturated rings. The van der Waals surface area contributed by atoms with Crippen molar-refractivity contribution < 1.29 is 39.0 Å². The van der Waals surface area contributed by atoms with Crippen LogP contribution in [0.3, 0.4) is 0 Å². The molecule has 0 aromatic heterocycles. The summed E-state index contributed by atoms with van der Waals surface area (Å²) in [6.07, 6.45) is -2.19. The number of amides is 5. The van der Waals surface area contributed by atoms with Crippen LogP contribution in [-0.4, -0.2) is 76.0 Å². The Balaban J connectivity index is 5.59. The normalized spacial score (nSPS) is 16.4. The summed E-state index contributed by atoms with van der Waals surface area (Å²) in [5.41, 5.74) is 15.7. The quantitative estimate of drug-likeness (QED) is 0.125. The van der Waals surface area contributed by atoms with Gasteiger partial charge < -0.3 is 43.4 Å². The Hall–Kier alpha value is -3.26. The number of carboxylic acid groups (broad SMARTS) is 1. The molecule has 14 nitrogen and oxygen atoms in total. The number of hydrogen-bond donors (Lipinski definition) is 8. The van der Waals surface area contributed by atoms with Crippen LogP contribution in [0.2, 0.25) is 0 Å². The molecule has 0 bridgehead atoms. The van der Waals surface area contributed by atoms with Crippen molar-refractivity contribution in [1.82, 2.24) is 16.0 Å². The summed E-state index contributed by atoms with van der Waals surface area (Å²) in [4.78, 5) is 71.1. The summed E-state index contributed by atoms with van der Waals surface area (Å²) in [6.45, 7) is 4.49. The fourth-order valence-electron chi connectivity index (χ4n) is 2.59. The number of aliphatic carboxylic acids is 1. The van der Waals surface area contributed by atoms with Crippen molar-refractivity contribution in [2.45, 2.75) is 70.3 Å². The molecule has 0 aromatic rings. The third-order valence-corrected chi connectivity index (χ3v) is 4.64. The Morgan fingerprint density at radius 1 is 0.812 bits per heavy atom. The molecular formula is C18H32N6O8. The number of hydrogen-bond acceptors (Lipinski definition) is 8. The Morgan fingerprint density at radius 3 is 1.72 bits per heavy atom. The topological polar surface area (TPSA) is 257 Å². The first-order valence-electron chi connectivity index (χ1n) is 9.85. The molecule has 0 spiro atoms. The van der Waals surface area contributed by atoms with Crippen molar-refractivity contribution in [2.75, 3.05) is 0 Å². The summed E-state index contributed by atoms with van der Waals surface area (Å²) in [5.74, 6) is -6.56. The van der Waals surface area contributed by atoms with Crippen LogP contribution in [-0.2, 0) is 28.8 Å². The van der Waals surface area contributed by atoms with Gasteiger partial charge in [-0.3, -0.25) is 24.0 Å². The number of rotatable bonds is 14. The molecule has 0 heterocycles. The predicted molar refractivity (Wildman–Crippen MR) is 110 cm³/mol. The SMILES string of the molecule is CCC(C)C(NC(=O)C(N)CC(N)=O)C(=O)NC(CC(N)=O)C(=O)NC(C(=O)O)C(C)O. The van der Waals surface area contributed by atoms with Gasteiger partial charge in [0.1, 0.15) is 12.1 Å². The minimum atomic E-state index is -1.70. The van der Waals surface area contributed by atoms with E-state index >= 15 is 0 Å². The van der Waals surface area contributed by atoms with Crippen LogP contribution >= 0.6 is 0 Å². The molecule has 5 amide bonds. The van der Waals surface area contributed by atoms with E-state index in [1.165, 1.54) is 0 Å². The van der Waals surface area contributed by atoms with Crippen LogP contribution in [0, 0.1) is 5.92 Å². The van der Waals surface area contributed by atoms with Crippen molar-refractivity contribution in [3.05, 3.63) is 0 Å². The Labute approximate surface area is 184 Å². The molecule has 11 N–H and O–H groups in total. The van der Waals surface area contributed by atoms with E-state index < -0.39 is 84.5 Å². The summed E-state index contributed by atoms with van der Waals surface area (Å²) >= 11 is 0. The van der Waals surface area contributed by atoms with Gasteiger partial charge >= 0.3 is 5.97 Å². The third kappa shape index (κ3) is 9.70. The van der Waals surface area contributed by atoms with E-state index in [1.54, 1.807) is 13.8 Å². The maximum atomic E-state index is 12.8. The molecule has 6 atom stereocenters. The molecule has 0 aromatic carbocycles. The molecule has 182 valence electrons. The first-order chi connectivity index (χ1) is 14.7. The lowest BCUT2D eigenvalue weighted by atomic mass is 9.97. The van der Waals surface area contributed by atoms with E-state index in [-0.39, 0.29) is 0 Å². The van der Waals surface area contributed by atoms with Crippen LogP contribution < -0.4 is 33.2 Å². The number of carboxylic acids is 1. The molecule has 0 radical (unpaired) electrons. The largest absolute Gasteiger partial charge is 0.480 e. The number of nitrogens with one attached hydrogen (secondary N) is 3. The van der Waals surface area contributed by atoms with E-state index in [2.05, 4.69) is 10.6 Å². The molecule has 0 rings (SSSR count). The van der Waals surface area contributed by atoms with E-state index in [0.29, 0.717) is 6.42 Å². The number of nitrogens with two attached hydrogens (primary N) is 3. The van der Waals surface area contributed by atoms with Gasteiger partial charge in [-0.25, -0.2) is 4.79 Å². The van der Waals surface area contributed by atoms with Gasteiger partial charge in [0, 0.05) is 0 Å². The highest BCUT2D eigenvalue weighted by atomic mass is 16.4. The maximum absolute atomic E-state index is 12.8. The zero-order valence-corrected chi connectivity index (χ0v) is 18.2. The second kappa shape index (κ2) is 13.2. The first-order valence-corrected chi connectivity index (χ1v) is 9.85. The Bertz CT molecular complexity index is 728. The average Bonchev–Trinajstić information content (AvgIpc) is 2.66. The van der Waals surface area contributed by atoms with E-state index in [0.717, 1.165) is 6.92 Å². The van der Waals surface area contributed by atoms with Gasteiger partial charge in [0.25, 0.3) is 0 Å². The predicted octanol–water partition coefficient (Wildman–Crippen LogP) is -3.97. The van der Waals surface area contributed by atoms with Gasteiger partial charge in [-0.05, 0) is 12.8 Å². The molecule has 32 heavy (non-hydrogen) atoms. The molecule has 0 saturated carbocycles. The fraction of sp³-hybridized carbons (Fsp3) is 0.667. The van der Waals surface area contributed by atoms with Gasteiger partial charge in [0.15, 0.2) is 6.04 Å². The highest BCUT2D eigenvalue weighted by molar-refractivity contribution is 5.96. The van der Waals surface area contributed by atoms with Gasteiger partial charge in [-0.15, -0.1) is 0 Å². The van der Waals surface area contributed by atoms with Crippen molar-refractivity contribution in [1.29, 1.82) is 0 Å². The second-order valence-corrected chi connectivity index (χ2v) is 7.45. The molecule has 0 saturated heterocycles. The van der Waals surface area contributed by atoms with E-state index in [1.807, 2.05) is 5.32 Å². The highest BCUT2D eigenvalue weighted by Gasteiger charge is 2.34. The van der Waals surface area contributed by atoms with E-state index in [9.17, 15) is 33.9 Å². The van der Waals surface area contributed by atoms with Crippen LogP contribution in [0.15, 0.2) is 0 Å². The average molecular weight is 460 g/mol. The number of carbonyl (C=O) groups excluding carboxylic acids is 5. The summed E-state index contributed by atoms with van der Waals surface area (Å²) in [6, 6.07) is -5.80. The summed E-state index contributed by atoms with van der Waals surface area (Å²) < 4.78 is 0. The summed E-state index contributed by atoms with van der Waals surface area (Å²) in [7, 11) is 0. The third-order valence-electron chi connectivity index (χ3n) is 4.64. The number of carbonyl (C=O) groups is 6. The number of primary amides is 2. The van der Waals surface area contributed by atoms with Crippen molar-refractivity contribution in [3.8, 4) is 0 Å². The zero-order valence-electron chi connectivity index (χ0n) is 18.2. The molecular weight excluding hydrogens is 428 g/mol. The molecule has 6 unspecified atom stereocenters. The molecule has 0 aliphatic carbocycles. The smallest absolute Gasteiger partial charge is 0.328 e. The maximum Gasteiger partial charge on any atom is 0.328 e. The van der Waals surface area contributed by atoms with Gasteiger partial charge in [-0.2, -0.15) is 0 Å². The van der Waals surface area contributed by atoms with Crippen LogP contribution in [0.5, 0.6) is 0 Å². The molecule has 0 aliphatic heterocycles. The van der Waals surface area contributed by atoms with E-state index in [4.69, 9.17) is 22.3 Å². The standard InChI is InChI=1S/C18H32N6O8/c1-4-7(2)13(23-15(28)9(19)5-11(20)26)17(30)22-10(6-12(21)27)16(29)24-14(8(3)25)18(31)32/h7-10,13-14,25H,4-6,19H2,1-3H3,(H2,20,26)(H2,21,27)(H,22,30)(H,23,28)(H,24,29)(H,31,32). The van der Waals surface area contributed by atoms with Crippen LogP contribution in [0.1, 0.15) is 40.0 Å². The number of aliphatic hydroxyl groups excluding tert-OH is 1. The second-order valence-electron chi connectivity index (χ2n) is 7.45. The summed E-state index contributed by atoms with van der Waals surface area (Å²) in [5, 5.41) is 25.3. The molecule has 14 heteroatoms. The molecule has 0 aliphatic rings. The highest BCUT2D eigenvalue weighted by Crippen LogP contribution is 2.10. The van der Waals surface area contributed by atoms with Crippen LogP contribution in [0.25, 0.3) is 0 Å². The minimum absolute atomic E-state index is 0.416. The van der Waals surface area contributed by atoms with Crippen LogP contribution in [0.4, 0.5) is 0 Å². The Morgan fingerprint density at radius 2 is 1.31 bits per heavy atom. The van der Waals surface area contributed by atoms with Gasteiger partial charge in [-0.1, -0.05) is 20.3 Å². The lowest BCUT2D eigenvalue weighted by molar-refractivity contribution is -0.145. The monoisotopic (exact) mass is 460 g/mol. The minimum Gasteiger partial charge on any atom is -0.480 e. The van der Waals surface area contributed by atoms with Crippen molar-refractivity contribution >= 4 is 35.5 Å². The Kier molecular flexibility index (Phi) is 11.9. The number of aliphatic hydroxyl groups is 1. The van der Waals surface area contributed by atoms with Gasteiger partial charge in [0.2, 0.25) is 29.5 Å². The van der Waals surface area contributed by atoms with Crippen molar-refractivity contribution in [3.63, 3.8) is 0 Å². The van der Waals surface area contributed by atoms with Gasteiger partial charge in [0.05, 0.1) is 25.0 Å². The first kappa shape index (κ1) is 28.7. The lowest BCUT2D eigenvalue weighted by Gasteiger charge is -2.27. The van der Waals surface area contributed by atoms with Crippen molar-refractivity contribution in [2.24, 2.45) is 23.1 Å². The lowest BCUT2D eigenvalue weighted by Crippen LogP contribution is -2.60. The zero-order chi connectivity index (χ0) is 25.2.